The number of H-pyrrole nitrogens is 1. The summed E-state index contributed by atoms with van der Waals surface area (Å²) in [5.41, 5.74) is 0. The van der Waals surface area contributed by atoms with Crippen molar-refractivity contribution >= 4 is 23.6 Å². The van der Waals surface area contributed by atoms with E-state index < -0.39 is 0 Å². The molecule has 1 atom stereocenters. The molecule has 2 aromatic heterocycles. The van der Waals surface area contributed by atoms with Crippen molar-refractivity contribution in [3.8, 4) is 0 Å². The Labute approximate surface area is 97.8 Å². The van der Waals surface area contributed by atoms with Crippen LogP contribution in [0.1, 0.15) is 24.8 Å². The van der Waals surface area contributed by atoms with Gasteiger partial charge in [-0.3, -0.25) is 9.67 Å². The van der Waals surface area contributed by atoms with Gasteiger partial charge in [-0.1, -0.05) is 19.9 Å². The highest BCUT2D eigenvalue weighted by atomic mass is 32.1. The quantitative estimate of drug-likeness (QED) is 0.834. The summed E-state index contributed by atoms with van der Waals surface area (Å²) in [4.78, 5) is 1.32. The van der Waals surface area contributed by atoms with E-state index in [1.165, 1.54) is 4.88 Å². The Balaban J connectivity index is 2.46. The number of hydrogen-bond donors (Lipinski definition) is 1. The highest BCUT2D eigenvalue weighted by molar-refractivity contribution is 7.71. The van der Waals surface area contributed by atoms with Crippen molar-refractivity contribution in [2.24, 2.45) is 5.92 Å². The summed E-state index contributed by atoms with van der Waals surface area (Å²) < 4.78 is 2.70. The Morgan fingerprint density at radius 2 is 2.33 bits per heavy atom. The van der Waals surface area contributed by atoms with Gasteiger partial charge < -0.3 is 0 Å². The number of nitrogens with zero attached hydrogens (tertiary/aromatic N) is 2. The standard InChI is InChI=1S/C10H13N3S2/c1-7(2)9(8-4-3-5-15-8)13-6-11-12-10(13)14/h3-7,9H,1-2H3,(H,12,14). The van der Waals surface area contributed by atoms with Gasteiger partial charge in [0.2, 0.25) is 0 Å². The van der Waals surface area contributed by atoms with Gasteiger partial charge in [-0.05, 0) is 29.6 Å². The number of thiophene rings is 1. The fourth-order valence-electron chi connectivity index (χ4n) is 1.70. The van der Waals surface area contributed by atoms with Crippen molar-refractivity contribution < 1.29 is 0 Å². The van der Waals surface area contributed by atoms with Crippen LogP contribution in [0.4, 0.5) is 0 Å². The molecule has 0 saturated heterocycles. The van der Waals surface area contributed by atoms with E-state index in [0.717, 1.165) is 0 Å². The minimum absolute atomic E-state index is 0.288. The molecule has 80 valence electrons. The zero-order valence-electron chi connectivity index (χ0n) is 8.68. The van der Waals surface area contributed by atoms with Crippen LogP contribution in [-0.2, 0) is 0 Å². The third-order valence-electron chi connectivity index (χ3n) is 2.34. The average Bonchev–Trinajstić information content (AvgIpc) is 2.79. The van der Waals surface area contributed by atoms with Gasteiger partial charge in [0.25, 0.3) is 0 Å². The minimum Gasteiger partial charge on any atom is -0.298 e. The number of hydrogen-bond acceptors (Lipinski definition) is 3. The van der Waals surface area contributed by atoms with E-state index >= 15 is 0 Å². The second kappa shape index (κ2) is 4.28. The van der Waals surface area contributed by atoms with Gasteiger partial charge in [0.1, 0.15) is 6.33 Å². The van der Waals surface area contributed by atoms with Crippen molar-refractivity contribution in [3.63, 3.8) is 0 Å². The summed E-state index contributed by atoms with van der Waals surface area (Å²) in [5.74, 6) is 0.493. The van der Waals surface area contributed by atoms with Gasteiger partial charge in [-0.15, -0.1) is 11.3 Å². The molecule has 1 N–H and O–H groups in total. The number of nitrogens with one attached hydrogen (secondary N) is 1. The molecule has 1 unspecified atom stereocenters. The zero-order chi connectivity index (χ0) is 10.8. The molecule has 0 aliphatic rings. The van der Waals surface area contributed by atoms with E-state index in [9.17, 15) is 0 Å². The van der Waals surface area contributed by atoms with Gasteiger partial charge in [0.05, 0.1) is 6.04 Å². The summed E-state index contributed by atoms with van der Waals surface area (Å²) in [6, 6.07) is 4.50. The molecular weight excluding hydrogens is 226 g/mol. The molecular formula is C10H13N3S2. The van der Waals surface area contributed by atoms with Crippen LogP contribution in [0.25, 0.3) is 0 Å². The van der Waals surface area contributed by atoms with E-state index in [2.05, 4.69) is 41.6 Å². The smallest absolute Gasteiger partial charge is 0.195 e. The Bertz CT molecular complexity index is 467. The maximum atomic E-state index is 5.20. The molecule has 0 fully saturated rings. The molecule has 3 nitrogen and oxygen atoms in total. The first-order chi connectivity index (χ1) is 7.20. The molecule has 0 bridgehead atoms. The monoisotopic (exact) mass is 239 g/mol. The summed E-state index contributed by atoms with van der Waals surface area (Å²) in [7, 11) is 0. The summed E-state index contributed by atoms with van der Waals surface area (Å²) >= 11 is 6.96. The minimum atomic E-state index is 0.288. The molecule has 2 aromatic rings. The maximum absolute atomic E-state index is 5.20. The Morgan fingerprint density at radius 3 is 2.80 bits per heavy atom. The highest BCUT2D eigenvalue weighted by Gasteiger charge is 2.19. The maximum Gasteiger partial charge on any atom is 0.195 e. The van der Waals surface area contributed by atoms with Crippen LogP contribution in [0.5, 0.6) is 0 Å². The van der Waals surface area contributed by atoms with Crippen molar-refractivity contribution in [1.82, 2.24) is 14.8 Å². The molecule has 5 heteroatoms. The van der Waals surface area contributed by atoms with Gasteiger partial charge in [0, 0.05) is 4.88 Å². The Morgan fingerprint density at radius 1 is 1.53 bits per heavy atom. The molecule has 0 aromatic carbocycles. The topological polar surface area (TPSA) is 33.6 Å². The number of rotatable bonds is 3. The molecule has 0 radical (unpaired) electrons. The lowest BCUT2D eigenvalue weighted by Gasteiger charge is -2.20. The average molecular weight is 239 g/mol. The summed E-state index contributed by atoms with van der Waals surface area (Å²) in [6.07, 6.45) is 1.77. The van der Waals surface area contributed by atoms with Crippen LogP contribution in [0.2, 0.25) is 0 Å². The molecule has 0 amide bonds. The van der Waals surface area contributed by atoms with E-state index in [1.54, 1.807) is 17.7 Å². The molecule has 0 aliphatic heterocycles. The van der Waals surface area contributed by atoms with Crippen LogP contribution in [0, 0.1) is 10.7 Å². The lowest BCUT2D eigenvalue weighted by molar-refractivity contribution is 0.438. The van der Waals surface area contributed by atoms with Gasteiger partial charge in [-0.2, -0.15) is 5.10 Å². The molecule has 2 rings (SSSR count). The van der Waals surface area contributed by atoms with Gasteiger partial charge in [0.15, 0.2) is 4.77 Å². The first-order valence-electron chi connectivity index (χ1n) is 4.85. The Kier molecular flexibility index (Phi) is 3.02. The van der Waals surface area contributed by atoms with E-state index in [1.807, 2.05) is 4.57 Å². The fourth-order valence-corrected chi connectivity index (χ4v) is 2.91. The number of aromatic amines is 1. The first kappa shape index (κ1) is 10.6. The fraction of sp³-hybridized carbons (Fsp3) is 0.400. The molecule has 15 heavy (non-hydrogen) atoms. The SMILES string of the molecule is CC(C)C(c1cccs1)n1cn[nH]c1=S. The van der Waals surface area contributed by atoms with Gasteiger partial charge in [-0.25, -0.2) is 0 Å². The molecule has 2 heterocycles. The highest BCUT2D eigenvalue weighted by Crippen LogP contribution is 2.29. The third kappa shape index (κ3) is 2.03. The lowest BCUT2D eigenvalue weighted by atomic mass is 10.0. The lowest BCUT2D eigenvalue weighted by Crippen LogP contribution is -2.14. The third-order valence-corrected chi connectivity index (χ3v) is 3.59. The summed E-state index contributed by atoms with van der Waals surface area (Å²) in [5, 5.41) is 8.86. The second-order valence-corrected chi connectivity index (χ2v) is 5.14. The van der Waals surface area contributed by atoms with Crippen LogP contribution in [0.15, 0.2) is 23.8 Å². The predicted molar refractivity (Wildman–Crippen MR) is 64.7 cm³/mol. The van der Waals surface area contributed by atoms with Crippen molar-refractivity contribution in [2.75, 3.05) is 0 Å². The Hall–Kier alpha value is -0.940. The van der Waals surface area contributed by atoms with Crippen LogP contribution >= 0.6 is 23.6 Å². The number of aromatic nitrogens is 3. The largest absolute Gasteiger partial charge is 0.298 e. The van der Waals surface area contributed by atoms with Crippen LogP contribution in [-0.4, -0.2) is 14.8 Å². The van der Waals surface area contributed by atoms with Crippen LogP contribution < -0.4 is 0 Å². The van der Waals surface area contributed by atoms with Crippen molar-refractivity contribution in [1.29, 1.82) is 0 Å². The second-order valence-electron chi connectivity index (χ2n) is 3.77. The van der Waals surface area contributed by atoms with Gasteiger partial charge >= 0.3 is 0 Å². The summed E-state index contributed by atoms with van der Waals surface area (Å²) in [6.45, 7) is 4.39. The van der Waals surface area contributed by atoms with Crippen molar-refractivity contribution in [3.05, 3.63) is 33.5 Å². The van der Waals surface area contributed by atoms with Crippen molar-refractivity contribution in [2.45, 2.75) is 19.9 Å². The molecule has 0 spiro atoms. The molecule has 0 aliphatic carbocycles. The zero-order valence-corrected chi connectivity index (χ0v) is 10.3. The molecule has 0 saturated carbocycles. The van der Waals surface area contributed by atoms with E-state index in [0.29, 0.717) is 10.7 Å². The van der Waals surface area contributed by atoms with Crippen LogP contribution in [0.3, 0.4) is 0 Å². The van der Waals surface area contributed by atoms with E-state index in [-0.39, 0.29) is 6.04 Å². The normalized spacial score (nSPS) is 13.3. The van der Waals surface area contributed by atoms with E-state index in [4.69, 9.17) is 12.2 Å². The first-order valence-corrected chi connectivity index (χ1v) is 6.14. The predicted octanol–water partition coefficient (Wildman–Crippen LogP) is 3.25.